The fourth-order valence-electron chi connectivity index (χ4n) is 0.605. The molecule has 0 aromatic heterocycles. The highest BCUT2D eigenvalue weighted by atomic mass is 35.5. The van der Waals surface area contributed by atoms with Crippen molar-refractivity contribution >= 4 is 23.4 Å². The quantitative estimate of drug-likeness (QED) is 0.638. The summed E-state index contributed by atoms with van der Waals surface area (Å²) in [5.74, 6) is 0. The van der Waals surface area contributed by atoms with Crippen LogP contribution in [0.2, 0.25) is 5.02 Å². The van der Waals surface area contributed by atoms with Gasteiger partial charge in [0.25, 0.3) is 0 Å². The molecule has 12 heavy (non-hydrogen) atoms. The zero-order chi connectivity index (χ0) is 9.19. The Kier molecular flexibility index (Phi) is 2.90. The van der Waals surface area contributed by atoms with E-state index in [9.17, 15) is 13.2 Å². The molecule has 1 rings (SSSR count). The predicted molar refractivity (Wildman–Crippen MR) is 42.2 cm³/mol. The zero-order valence-corrected chi connectivity index (χ0v) is 7.22. The molecule has 0 spiro atoms. The average Bonchev–Trinajstić information content (AvgIpc) is 1.82. The molecule has 1 aromatic rings. The smallest absolute Gasteiger partial charge is 0.160 e. The van der Waals surface area contributed by atoms with Crippen LogP contribution in [-0.2, 0) is 0 Å². The largest absolute Gasteiger partial charge is 0.446 e. The zero-order valence-electron chi connectivity index (χ0n) is 5.65. The van der Waals surface area contributed by atoms with Gasteiger partial charge in [-0.3, -0.25) is 0 Å². The first-order chi connectivity index (χ1) is 5.47. The van der Waals surface area contributed by atoms with Crippen LogP contribution in [0.4, 0.5) is 13.2 Å². The van der Waals surface area contributed by atoms with Crippen LogP contribution in [-0.4, -0.2) is 5.51 Å². The Hall–Kier alpha value is -0.350. The van der Waals surface area contributed by atoms with Crippen molar-refractivity contribution in [3.63, 3.8) is 0 Å². The normalized spacial score (nSPS) is 11.7. The lowest BCUT2D eigenvalue weighted by molar-refractivity contribution is -0.0328. The summed E-state index contributed by atoms with van der Waals surface area (Å²) in [6.07, 6.45) is 0. The van der Waals surface area contributed by atoms with E-state index in [4.69, 9.17) is 11.6 Å². The highest BCUT2D eigenvalue weighted by molar-refractivity contribution is 8.00. The molecule has 65 valence electrons. The van der Waals surface area contributed by atoms with E-state index in [-0.39, 0.29) is 21.7 Å². The molecule has 5 heteroatoms. The van der Waals surface area contributed by atoms with Gasteiger partial charge >= 0.3 is 5.51 Å². The second kappa shape index (κ2) is 3.58. The van der Waals surface area contributed by atoms with Gasteiger partial charge in [-0.05, 0) is 23.9 Å². The Bertz CT molecular complexity index is 272. The van der Waals surface area contributed by atoms with Crippen molar-refractivity contribution in [2.24, 2.45) is 0 Å². The third-order valence-electron chi connectivity index (χ3n) is 0.958. The van der Waals surface area contributed by atoms with E-state index >= 15 is 0 Å². The van der Waals surface area contributed by atoms with Crippen LogP contribution in [0.1, 0.15) is 0 Å². The molecule has 0 heterocycles. The summed E-state index contributed by atoms with van der Waals surface area (Å²) < 4.78 is 35.3. The van der Waals surface area contributed by atoms with E-state index in [0.29, 0.717) is 0 Å². The van der Waals surface area contributed by atoms with Crippen molar-refractivity contribution in [2.75, 3.05) is 0 Å². The van der Waals surface area contributed by atoms with Crippen LogP contribution in [0.3, 0.4) is 0 Å². The highest BCUT2D eigenvalue weighted by Crippen LogP contribution is 2.37. The Morgan fingerprint density at radius 2 is 2.00 bits per heavy atom. The number of hydrogen-bond acceptors (Lipinski definition) is 1. The van der Waals surface area contributed by atoms with Crippen molar-refractivity contribution in [1.29, 1.82) is 0 Å². The molecule has 0 atom stereocenters. The first kappa shape index (κ1) is 9.74. The first-order valence-corrected chi connectivity index (χ1v) is 4.10. The summed E-state index contributed by atoms with van der Waals surface area (Å²) in [6.45, 7) is 0. The second-order valence-electron chi connectivity index (χ2n) is 1.91. The molecule has 0 saturated carbocycles. The molecule has 0 unspecified atom stereocenters. The molecule has 0 bridgehead atoms. The van der Waals surface area contributed by atoms with Gasteiger partial charge in [0.1, 0.15) is 0 Å². The summed E-state index contributed by atoms with van der Waals surface area (Å²) in [5, 5.41) is 0.184. The van der Waals surface area contributed by atoms with Gasteiger partial charge in [0.2, 0.25) is 0 Å². The van der Waals surface area contributed by atoms with Gasteiger partial charge in [0, 0.05) is 16.0 Å². The van der Waals surface area contributed by atoms with Crippen molar-refractivity contribution in [1.82, 2.24) is 0 Å². The Morgan fingerprint density at radius 3 is 2.50 bits per heavy atom. The summed E-state index contributed by atoms with van der Waals surface area (Å²) in [4.78, 5) is -0.0185. The minimum atomic E-state index is -4.28. The third-order valence-corrected chi connectivity index (χ3v) is 1.87. The number of rotatable bonds is 1. The molecule has 0 N–H and O–H groups in total. The van der Waals surface area contributed by atoms with Crippen molar-refractivity contribution < 1.29 is 13.2 Å². The van der Waals surface area contributed by atoms with Crippen molar-refractivity contribution in [3.8, 4) is 0 Å². The highest BCUT2D eigenvalue weighted by Gasteiger charge is 2.29. The van der Waals surface area contributed by atoms with Gasteiger partial charge in [-0.1, -0.05) is 17.7 Å². The van der Waals surface area contributed by atoms with Gasteiger partial charge in [0.05, 0.1) is 0 Å². The summed E-state index contributed by atoms with van der Waals surface area (Å²) in [7, 11) is 0. The van der Waals surface area contributed by atoms with Crippen LogP contribution >= 0.6 is 23.4 Å². The standard InChI is InChI=1S/C7H3ClF3S/c8-5-2-1-3-6(4-5)12-7(9,10)11/h1-3H. The maximum atomic E-state index is 11.8. The molecule has 0 aliphatic carbocycles. The molecular weight excluding hydrogens is 209 g/mol. The fourth-order valence-corrected chi connectivity index (χ4v) is 1.39. The molecule has 1 radical (unpaired) electrons. The molecule has 0 fully saturated rings. The van der Waals surface area contributed by atoms with E-state index in [2.05, 4.69) is 6.07 Å². The van der Waals surface area contributed by atoms with E-state index in [1.807, 2.05) is 0 Å². The van der Waals surface area contributed by atoms with Crippen LogP contribution < -0.4 is 0 Å². The maximum Gasteiger partial charge on any atom is 0.446 e. The summed E-state index contributed by atoms with van der Waals surface area (Å²) >= 11 is 5.21. The average molecular weight is 212 g/mol. The molecule has 1 aromatic carbocycles. The van der Waals surface area contributed by atoms with Gasteiger partial charge in [-0.15, -0.1) is 0 Å². The summed E-state index contributed by atoms with van der Waals surface area (Å²) in [6, 6.07) is 6.61. The second-order valence-corrected chi connectivity index (χ2v) is 3.42. The Labute approximate surface area is 76.7 Å². The van der Waals surface area contributed by atoms with E-state index in [1.54, 1.807) is 0 Å². The maximum absolute atomic E-state index is 11.8. The number of thioether (sulfide) groups is 1. The number of halogens is 4. The number of alkyl halides is 3. The Morgan fingerprint density at radius 1 is 1.33 bits per heavy atom. The molecule has 0 nitrogen and oxygen atoms in total. The third kappa shape index (κ3) is 3.36. The van der Waals surface area contributed by atoms with Gasteiger partial charge in [-0.2, -0.15) is 13.2 Å². The van der Waals surface area contributed by atoms with Gasteiger partial charge in [0.15, 0.2) is 0 Å². The molecule has 0 aliphatic heterocycles. The first-order valence-electron chi connectivity index (χ1n) is 2.91. The molecule has 0 aliphatic rings. The van der Waals surface area contributed by atoms with Crippen LogP contribution in [0.25, 0.3) is 0 Å². The van der Waals surface area contributed by atoms with Crippen LogP contribution in [0.15, 0.2) is 23.1 Å². The van der Waals surface area contributed by atoms with E-state index in [1.165, 1.54) is 18.2 Å². The molecular formula is C7H3ClF3S. The van der Waals surface area contributed by atoms with E-state index in [0.717, 1.165) is 0 Å². The number of hydrogen-bond donors (Lipinski definition) is 0. The van der Waals surface area contributed by atoms with Crippen LogP contribution in [0.5, 0.6) is 0 Å². The van der Waals surface area contributed by atoms with Crippen LogP contribution in [0, 0.1) is 6.07 Å². The minimum absolute atomic E-state index is 0.0185. The van der Waals surface area contributed by atoms with Gasteiger partial charge < -0.3 is 0 Å². The topological polar surface area (TPSA) is 0 Å². The summed E-state index contributed by atoms with van der Waals surface area (Å²) in [5.41, 5.74) is -4.28. The SMILES string of the molecule is FC(F)(F)Sc1[c]c(Cl)ccc1. The number of benzene rings is 1. The predicted octanol–water partition coefficient (Wildman–Crippen LogP) is 3.75. The lowest BCUT2D eigenvalue weighted by atomic mass is 10.4. The lowest BCUT2D eigenvalue weighted by Gasteiger charge is -2.04. The fraction of sp³-hybridized carbons (Fsp3) is 0.143. The molecule has 0 amide bonds. The van der Waals surface area contributed by atoms with Crippen molar-refractivity contribution in [3.05, 3.63) is 29.3 Å². The van der Waals surface area contributed by atoms with Gasteiger partial charge in [-0.25, -0.2) is 0 Å². The minimum Gasteiger partial charge on any atom is -0.160 e. The Balaban J connectivity index is 2.77. The van der Waals surface area contributed by atoms with Crippen molar-refractivity contribution in [2.45, 2.75) is 10.4 Å². The molecule has 0 saturated heterocycles. The van der Waals surface area contributed by atoms with E-state index < -0.39 is 5.51 Å². The lowest BCUT2D eigenvalue weighted by Crippen LogP contribution is -1.98. The monoisotopic (exact) mass is 211 g/mol.